The van der Waals surface area contributed by atoms with Crippen molar-refractivity contribution >= 4 is 27.5 Å². The highest BCUT2D eigenvalue weighted by Crippen LogP contribution is 2.30. The minimum atomic E-state index is -3.94. The number of hydrogen-bond acceptors (Lipinski definition) is 5. The fraction of sp³-hybridized carbons (Fsp3) is 0.333. The molecular formula is C12H15N3O5S. The molecular weight excluding hydrogens is 298 g/mol. The molecule has 0 unspecified atom stereocenters. The van der Waals surface area contributed by atoms with Crippen molar-refractivity contribution in [2.24, 2.45) is 5.73 Å². The maximum atomic E-state index is 12.0. The van der Waals surface area contributed by atoms with Crippen LogP contribution in [0, 0.1) is 0 Å². The van der Waals surface area contributed by atoms with Gasteiger partial charge in [-0.05, 0) is 24.1 Å². The first kappa shape index (κ1) is 15.4. The molecule has 8 nitrogen and oxygen atoms in total. The molecule has 0 atom stereocenters. The summed E-state index contributed by atoms with van der Waals surface area (Å²) in [7, 11) is -3.94. The average Bonchev–Trinajstić information content (AvgIpc) is 2.80. The lowest BCUT2D eigenvalue weighted by molar-refractivity contribution is -0.123. The minimum Gasteiger partial charge on any atom is -0.368 e. The SMILES string of the molecule is CC(=O)N1CCc2ccc(S(=O)(=O)NOCC(N)=O)cc21. The molecule has 0 bridgehead atoms. The Bertz CT molecular complexity index is 686. The van der Waals surface area contributed by atoms with Crippen LogP contribution in [0.2, 0.25) is 0 Å². The van der Waals surface area contributed by atoms with Gasteiger partial charge in [-0.2, -0.15) is 0 Å². The molecule has 0 fully saturated rings. The van der Waals surface area contributed by atoms with Crippen molar-refractivity contribution in [3.05, 3.63) is 23.8 Å². The molecule has 1 heterocycles. The maximum absolute atomic E-state index is 12.0. The van der Waals surface area contributed by atoms with E-state index in [1.54, 1.807) is 6.07 Å². The molecule has 2 amide bonds. The summed E-state index contributed by atoms with van der Waals surface area (Å²) < 4.78 is 24.0. The van der Waals surface area contributed by atoms with Crippen LogP contribution < -0.4 is 15.5 Å². The quantitative estimate of drug-likeness (QED) is 0.696. The van der Waals surface area contributed by atoms with Crippen molar-refractivity contribution in [2.75, 3.05) is 18.1 Å². The second-order valence-electron chi connectivity index (χ2n) is 4.55. The molecule has 0 aromatic heterocycles. The highest BCUT2D eigenvalue weighted by Gasteiger charge is 2.25. The van der Waals surface area contributed by atoms with E-state index < -0.39 is 22.5 Å². The van der Waals surface area contributed by atoms with Crippen molar-refractivity contribution in [1.82, 2.24) is 4.89 Å². The molecule has 114 valence electrons. The summed E-state index contributed by atoms with van der Waals surface area (Å²) in [5.74, 6) is -0.948. The van der Waals surface area contributed by atoms with E-state index in [-0.39, 0.29) is 10.8 Å². The summed E-state index contributed by atoms with van der Waals surface area (Å²) in [4.78, 5) is 29.8. The molecule has 21 heavy (non-hydrogen) atoms. The molecule has 1 aromatic carbocycles. The van der Waals surface area contributed by atoms with Gasteiger partial charge in [0, 0.05) is 19.2 Å². The number of nitrogens with one attached hydrogen (secondary N) is 1. The number of rotatable bonds is 5. The van der Waals surface area contributed by atoms with E-state index in [0.717, 1.165) is 5.56 Å². The Labute approximate surface area is 121 Å². The van der Waals surface area contributed by atoms with Gasteiger partial charge in [0.25, 0.3) is 10.0 Å². The Morgan fingerprint density at radius 3 is 2.76 bits per heavy atom. The van der Waals surface area contributed by atoms with Crippen molar-refractivity contribution in [3.8, 4) is 0 Å². The van der Waals surface area contributed by atoms with E-state index >= 15 is 0 Å². The van der Waals surface area contributed by atoms with Gasteiger partial charge < -0.3 is 10.6 Å². The third-order valence-electron chi connectivity index (χ3n) is 3.03. The lowest BCUT2D eigenvalue weighted by Crippen LogP contribution is -2.30. The lowest BCUT2D eigenvalue weighted by atomic mass is 10.2. The molecule has 1 aliphatic rings. The monoisotopic (exact) mass is 313 g/mol. The van der Waals surface area contributed by atoms with Crippen molar-refractivity contribution in [2.45, 2.75) is 18.2 Å². The molecule has 2 rings (SSSR count). The smallest absolute Gasteiger partial charge is 0.262 e. The molecule has 9 heteroatoms. The Kier molecular flexibility index (Phi) is 4.26. The van der Waals surface area contributed by atoms with Crippen molar-refractivity contribution < 1.29 is 22.8 Å². The van der Waals surface area contributed by atoms with Gasteiger partial charge in [0.05, 0.1) is 4.90 Å². The molecule has 1 aliphatic heterocycles. The van der Waals surface area contributed by atoms with E-state index in [4.69, 9.17) is 5.73 Å². The van der Waals surface area contributed by atoms with Crippen LogP contribution in [0.3, 0.4) is 0 Å². The van der Waals surface area contributed by atoms with Gasteiger partial charge in [-0.15, -0.1) is 0 Å². The first-order valence-corrected chi connectivity index (χ1v) is 7.62. The number of primary amides is 1. The molecule has 0 saturated carbocycles. The fourth-order valence-electron chi connectivity index (χ4n) is 2.08. The van der Waals surface area contributed by atoms with Crippen molar-refractivity contribution in [1.29, 1.82) is 0 Å². The van der Waals surface area contributed by atoms with Crippen LogP contribution in [0.15, 0.2) is 23.1 Å². The fourth-order valence-corrected chi connectivity index (χ4v) is 2.90. The molecule has 0 spiro atoms. The lowest BCUT2D eigenvalue weighted by Gasteiger charge is -2.15. The van der Waals surface area contributed by atoms with Crippen LogP contribution >= 0.6 is 0 Å². The van der Waals surface area contributed by atoms with E-state index in [1.807, 2.05) is 4.89 Å². The zero-order valence-electron chi connectivity index (χ0n) is 11.3. The summed E-state index contributed by atoms with van der Waals surface area (Å²) in [6.07, 6.45) is 0.681. The second-order valence-corrected chi connectivity index (χ2v) is 6.20. The molecule has 0 aliphatic carbocycles. The zero-order valence-corrected chi connectivity index (χ0v) is 12.1. The first-order valence-electron chi connectivity index (χ1n) is 6.14. The van der Waals surface area contributed by atoms with Crippen LogP contribution in [-0.2, 0) is 30.9 Å². The number of sulfonamides is 1. The highest BCUT2D eigenvalue weighted by molar-refractivity contribution is 7.89. The van der Waals surface area contributed by atoms with Crippen LogP contribution in [0.25, 0.3) is 0 Å². The Morgan fingerprint density at radius 2 is 2.14 bits per heavy atom. The third-order valence-corrected chi connectivity index (χ3v) is 4.24. The van der Waals surface area contributed by atoms with Gasteiger partial charge in [0.15, 0.2) is 0 Å². The van der Waals surface area contributed by atoms with E-state index in [9.17, 15) is 18.0 Å². The summed E-state index contributed by atoms with van der Waals surface area (Å²) >= 11 is 0. The molecule has 3 N–H and O–H groups in total. The number of anilines is 1. The Morgan fingerprint density at radius 1 is 1.43 bits per heavy atom. The molecule has 0 saturated heterocycles. The zero-order chi connectivity index (χ0) is 15.6. The predicted molar refractivity (Wildman–Crippen MR) is 73.6 cm³/mol. The number of amides is 2. The van der Waals surface area contributed by atoms with E-state index in [1.165, 1.54) is 24.0 Å². The normalized spacial score (nSPS) is 14.0. The van der Waals surface area contributed by atoms with Gasteiger partial charge >= 0.3 is 0 Å². The van der Waals surface area contributed by atoms with Gasteiger partial charge in [0.2, 0.25) is 11.8 Å². The highest BCUT2D eigenvalue weighted by atomic mass is 32.2. The van der Waals surface area contributed by atoms with E-state index in [0.29, 0.717) is 18.7 Å². The summed E-state index contributed by atoms with van der Waals surface area (Å²) in [5, 5.41) is 0. The molecule has 1 aromatic rings. The summed E-state index contributed by atoms with van der Waals surface area (Å²) in [6.45, 7) is 1.38. The summed E-state index contributed by atoms with van der Waals surface area (Å²) in [6, 6.07) is 4.47. The average molecular weight is 313 g/mol. The second kappa shape index (κ2) is 5.80. The van der Waals surface area contributed by atoms with Crippen molar-refractivity contribution in [3.63, 3.8) is 0 Å². The largest absolute Gasteiger partial charge is 0.368 e. The first-order chi connectivity index (χ1) is 9.81. The van der Waals surface area contributed by atoms with Crippen LogP contribution in [0.1, 0.15) is 12.5 Å². The topological polar surface area (TPSA) is 119 Å². The predicted octanol–water partition coefficient (Wildman–Crippen LogP) is -0.709. The van der Waals surface area contributed by atoms with Crippen LogP contribution in [0.5, 0.6) is 0 Å². The van der Waals surface area contributed by atoms with Crippen LogP contribution in [-0.4, -0.2) is 33.4 Å². The standard InChI is InChI=1S/C12H15N3O5S/c1-8(16)15-5-4-9-2-3-10(6-11(9)15)21(18,19)14-20-7-12(13)17/h2-3,6,14H,4-5,7H2,1H3,(H2,13,17). The number of nitrogens with two attached hydrogens (primary N) is 1. The number of carbonyl (C=O) groups is 2. The summed E-state index contributed by atoms with van der Waals surface area (Å²) in [5.41, 5.74) is 6.32. The van der Waals surface area contributed by atoms with E-state index in [2.05, 4.69) is 4.84 Å². The Hall–Kier alpha value is -1.97. The minimum absolute atomic E-state index is 0.0566. The van der Waals surface area contributed by atoms with Gasteiger partial charge in [-0.3, -0.25) is 14.4 Å². The third kappa shape index (κ3) is 3.38. The number of nitrogens with zero attached hydrogens (tertiary/aromatic N) is 1. The number of fused-ring (bicyclic) bond motifs is 1. The van der Waals surface area contributed by atoms with Crippen LogP contribution in [0.4, 0.5) is 5.69 Å². The number of hydrogen-bond donors (Lipinski definition) is 2. The van der Waals surface area contributed by atoms with Gasteiger partial charge in [0.1, 0.15) is 6.61 Å². The van der Waals surface area contributed by atoms with Gasteiger partial charge in [-0.1, -0.05) is 11.0 Å². The Balaban J connectivity index is 2.23. The number of carbonyl (C=O) groups excluding carboxylic acids is 2. The maximum Gasteiger partial charge on any atom is 0.262 e. The van der Waals surface area contributed by atoms with Gasteiger partial charge in [-0.25, -0.2) is 8.42 Å². The molecule has 0 radical (unpaired) electrons. The number of benzene rings is 1.